The van der Waals surface area contributed by atoms with Crippen LogP contribution in [0, 0.1) is 0 Å². The normalized spacial score (nSPS) is 11.2. The van der Waals surface area contributed by atoms with Crippen molar-refractivity contribution in [1.29, 1.82) is 0 Å². The van der Waals surface area contributed by atoms with Crippen LogP contribution < -0.4 is 11.2 Å². The van der Waals surface area contributed by atoms with Crippen LogP contribution >= 0.6 is 0 Å². The van der Waals surface area contributed by atoms with Crippen molar-refractivity contribution in [3.63, 3.8) is 0 Å². The van der Waals surface area contributed by atoms with Crippen LogP contribution in [0.3, 0.4) is 0 Å². The average molecular weight is 265 g/mol. The number of para-hydroxylation sites is 1. The molecule has 2 aromatic carbocycles. The molecule has 20 heavy (non-hydrogen) atoms. The van der Waals surface area contributed by atoms with Crippen LogP contribution in [0.4, 0.5) is 17.2 Å². The first-order chi connectivity index (χ1) is 9.75. The van der Waals surface area contributed by atoms with Gasteiger partial charge < -0.3 is 10.7 Å². The molecule has 0 aliphatic carbocycles. The van der Waals surface area contributed by atoms with Crippen LogP contribution in [0.25, 0.3) is 10.9 Å². The number of nitrogens with one attached hydrogen (secondary N) is 1. The summed E-state index contributed by atoms with van der Waals surface area (Å²) in [4.78, 5) is 15.3. The Labute approximate surface area is 114 Å². The van der Waals surface area contributed by atoms with Crippen molar-refractivity contribution >= 4 is 28.1 Å². The maximum atomic E-state index is 12.3. The fraction of sp³-hybridized carbons (Fsp3) is 0. The van der Waals surface area contributed by atoms with Crippen LogP contribution in [0.2, 0.25) is 0 Å². The predicted molar refractivity (Wildman–Crippen MR) is 79.6 cm³/mol. The highest BCUT2D eigenvalue weighted by atomic mass is 16.1. The van der Waals surface area contributed by atoms with Crippen molar-refractivity contribution in [2.45, 2.75) is 0 Å². The molecule has 0 aliphatic heterocycles. The predicted octanol–water partition coefficient (Wildman–Crippen LogP) is 3.53. The number of anilines is 1. The number of nitrogens with zero attached hydrogens (tertiary/aromatic N) is 2. The summed E-state index contributed by atoms with van der Waals surface area (Å²) in [6.07, 6.45) is 0. The van der Waals surface area contributed by atoms with E-state index in [1.165, 1.54) is 0 Å². The number of benzene rings is 2. The Bertz CT molecular complexity index is 837. The number of aromatic amines is 1. The first-order valence-electron chi connectivity index (χ1n) is 6.13. The van der Waals surface area contributed by atoms with Crippen LogP contribution in [0.15, 0.2) is 69.6 Å². The van der Waals surface area contributed by atoms with Crippen molar-refractivity contribution < 1.29 is 0 Å². The molecule has 1 aromatic heterocycles. The molecule has 0 aliphatic rings. The number of fused-ring (bicyclic) bond motifs is 1. The highest BCUT2D eigenvalue weighted by Crippen LogP contribution is 2.22. The molecule has 3 N–H and O–H groups in total. The van der Waals surface area contributed by atoms with Gasteiger partial charge in [0.15, 0.2) is 5.69 Å². The lowest BCUT2D eigenvalue weighted by atomic mass is 10.2. The van der Waals surface area contributed by atoms with Crippen molar-refractivity contribution in [1.82, 2.24) is 4.98 Å². The van der Waals surface area contributed by atoms with Gasteiger partial charge in [0.05, 0.1) is 11.2 Å². The van der Waals surface area contributed by atoms with E-state index in [0.29, 0.717) is 16.6 Å². The summed E-state index contributed by atoms with van der Waals surface area (Å²) in [5, 5.41) is 8.56. The number of hydrogen-bond acceptors (Lipinski definition) is 4. The summed E-state index contributed by atoms with van der Waals surface area (Å²) in [6.45, 7) is 0. The van der Waals surface area contributed by atoms with Crippen LogP contribution in [0.5, 0.6) is 0 Å². The number of pyridine rings is 1. The molecule has 0 saturated carbocycles. The van der Waals surface area contributed by atoms with Gasteiger partial charge in [-0.3, -0.25) is 4.79 Å². The third kappa shape index (κ3) is 2.16. The van der Waals surface area contributed by atoms with Crippen LogP contribution in [-0.4, -0.2) is 4.98 Å². The standard InChI is InChI=1S/C15H12N4O/c16-15-13(19-18-10-6-2-1-3-7-10)14(20)11-8-4-5-9-12(11)17-15/h1-9H,(H3,16,17,20)/i18+1. The van der Waals surface area contributed by atoms with Gasteiger partial charge in [-0.25, -0.2) is 0 Å². The molecule has 1 heterocycles. The topological polar surface area (TPSA) is 83.6 Å². The fourth-order valence-electron chi connectivity index (χ4n) is 1.95. The van der Waals surface area contributed by atoms with Gasteiger partial charge in [0.25, 0.3) is 0 Å². The highest BCUT2D eigenvalue weighted by Gasteiger charge is 2.08. The average Bonchev–Trinajstić information content (AvgIpc) is 2.48. The highest BCUT2D eigenvalue weighted by molar-refractivity contribution is 5.84. The maximum absolute atomic E-state index is 12.3. The molecule has 0 atom stereocenters. The van der Waals surface area contributed by atoms with Gasteiger partial charge in [0, 0.05) is 5.39 Å². The van der Waals surface area contributed by atoms with Crippen LogP contribution in [-0.2, 0) is 0 Å². The largest absolute Gasteiger partial charge is 0.383 e. The van der Waals surface area contributed by atoms with Gasteiger partial charge >= 0.3 is 0 Å². The van der Waals surface area contributed by atoms with Gasteiger partial charge in [0.2, 0.25) is 5.43 Å². The molecule has 0 radical (unpaired) electrons. The Balaban J connectivity index is 2.13. The molecule has 0 fully saturated rings. The minimum absolute atomic E-state index is 0.132. The van der Waals surface area contributed by atoms with E-state index in [9.17, 15) is 4.79 Å². The summed E-state index contributed by atoms with van der Waals surface area (Å²) in [5.74, 6) is 0.216. The summed E-state index contributed by atoms with van der Waals surface area (Å²) >= 11 is 0. The first-order valence-corrected chi connectivity index (χ1v) is 6.13. The zero-order chi connectivity index (χ0) is 13.9. The van der Waals surface area contributed by atoms with E-state index < -0.39 is 0 Å². The van der Waals surface area contributed by atoms with Gasteiger partial charge in [-0.1, -0.05) is 30.3 Å². The van der Waals surface area contributed by atoms with Crippen molar-refractivity contribution in [2.24, 2.45) is 10.2 Å². The van der Waals surface area contributed by atoms with E-state index in [0.717, 1.165) is 0 Å². The van der Waals surface area contributed by atoms with Gasteiger partial charge in [0.1, 0.15) is 5.82 Å². The molecule has 5 nitrogen and oxygen atoms in total. The fourth-order valence-corrected chi connectivity index (χ4v) is 1.95. The minimum Gasteiger partial charge on any atom is -0.383 e. The molecule has 0 saturated heterocycles. The Morgan fingerprint density at radius 3 is 2.40 bits per heavy atom. The van der Waals surface area contributed by atoms with Crippen molar-refractivity contribution in [3.05, 3.63) is 64.8 Å². The first kappa shape index (κ1) is 12.1. The number of nitrogen functional groups attached to an aromatic ring is 1. The lowest BCUT2D eigenvalue weighted by molar-refractivity contribution is 1.21. The Kier molecular flexibility index (Phi) is 3.01. The number of aromatic nitrogens is 1. The molecular weight excluding hydrogens is 253 g/mol. The van der Waals surface area contributed by atoms with Crippen LogP contribution in [0.1, 0.15) is 0 Å². The second-order valence-electron chi connectivity index (χ2n) is 4.30. The van der Waals surface area contributed by atoms with Crippen molar-refractivity contribution in [3.8, 4) is 0 Å². The number of azo groups is 1. The number of nitrogens with two attached hydrogens (primary N) is 1. The monoisotopic (exact) mass is 265 g/mol. The molecule has 0 spiro atoms. The second-order valence-corrected chi connectivity index (χ2v) is 4.30. The SMILES string of the molecule is Nc1[nH]c2ccccc2c(=O)c1N=[15N]c1ccccc1. The van der Waals surface area contributed by atoms with E-state index >= 15 is 0 Å². The van der Waals surface area contributed by atoms with Crippen molar-refractivity contribution in [2.75, 3.05) is 5.73 Å². The van der Waals surface area contributed by atoms with E-state index in [2.05, 4.69) is 15.2 Å². The Morgan fingerprint density at radius 1 is 0.900 bits per heavy atom. The second kappa shape index (κ2) is 4.97. The summed E-state index contributed by atoms with van der Waals surface area (Å²) < 4.78 is 0. The number of hydrogen-bond donors (Lipinski definition) is 2. The zero-order valence-electron chi connectivity index (χ0n) is 10.6. The quantitative estimate of drug-likeness (QED) is 0.548. The smallest absolute Gasteiger partial charge is 0.219 e. The molecule has 0 unspecified atom stereocenters. The summed E-state index contributed by atoms with van der Waals surface area (Å²) in [6, 6.07) is 16.3. The molecule has 0 amide bonds. The molecule has 3 rings (SSSR count). The van der Waals surface area contributed by atoms with E-state index in [4.69, 9.17) is 5.73 Å². The maximum Gasteiger partial charge on any atom is 0.219 e. The lowest BCUT2D eigenvalue weighted by Gasteiger charge is -2.02. The molecule has 0 bridgehead atoms. The molecule has 98 valence electrons. The number of H-pyrrole nitrogens is 1. The van der Waals surface area contributed by atoms with Gasteiger partial charge in [-0.15, -0.1) is 5.11 Å². The molecule has 3 aromatic rings. The minimum atomic E-state index is -0.225. The third-order valence-electron chi connectivity index (χ3n) is 2.93. The molecular formula is C15H12N4O. The Morgan fingerprint density at radius 2 is 1.60 bits per heavy atom. The summed E-state index contributed by atoms with van der Waals surface area (Å²) in [5.41, 5.74) is 7.10. The third-order valence-corrected chi connectivity index (χ3v) is 2.93. The van der Waals surface area contributed by atoms with E-state index in [1.54, 1.807) is 30.3 Å². The van der Waals surface area contributed by atoms with E-state index in [-0.39, 0.29) is 16.9 Å². The van der Waals surface area contributed by atoms with E-state index in [1.807, 2.05) is 24.3 Å². The zero-order valence-corrected chi connectivity index (χ0v) is 10.6. The molecule has 5 heteroatoms. The Hall–Kier alpha value is -2.95. The van der Waals surface area contributed by atoms with Gasteiger partial charge in [-0.2, -0.15) is 5.11 Å². The lowest BCUT2D eigenvalue weighted by Crippen LogP contribution is -2.06. The summed E-state index contributed by atoms with van der Waals surface area (Å²) in [7, 11) is 0. The van der Waals surface area contributed by atoms with Gasteiger partial charge in [-0.05, 0) is 24.3 Å². The number of rotatable bonds is 2.